The van der Waals surface area contributed by atoms with Gasteiger partial charge in [0.05, 0.1) is 19.2 Å². The topological polar surface area (TPSA) is 50.8 Å². The van der Waals surface area contributed by atoms with Crippen molar-refractivity contribution >= 4 is 6.03 Å². The van der Waals surface area contributed by atoms with Crippen LogP contribution in [0.3, 0.4) is 0 Å². The number of rotatable bonds is 5. The zero-order valence-electron chi connectivity index (χ0n) is 12.4. The highest BCUT2D eigenvalue weighted by atomic mass is 19.3. The molecule has 2 rings (SSSR count). The number of benzene rings is 1. The molecule has 1 atom stereocenters. The Bertz CT molecular complexity index is 499. The second kappa shape index (κ2) is 7.93. The maximum absolute atomic E-state index is 12.2. The predicted octanol–water partition coefficient (Wildman–Crippen LogP) is 2.26. The number of hydrogen-bond donors (Lipinski definition) is 1. The lowest BCUT2D eigenvalue weighted by Crippen LogP contribution is -2.46. The minimum absolute atomic E-state index is 0.0609. The zero-order valence-corrected chi connectivity index (χ0v) is 12.4. The number of urea groups is 1. The summed E-state index contributed by atoms with van der Waals surface area (Å²) in [6, 6.07) is 7.23. The third-order valence-electron chi connectivity index (χ3n) is 3.35. The van der Waals surface area contributed by atoms with Gasteiger partial charge in [0.15, 0.2) is 0 Å². The van der Waals surface area contributed by atoms with Crippen LogP contribution in [0.1, 0.15) is 12.5 Å². The quantitative estimate of drug-likeness (QED) is 0.848. The maximum Gasteiger partial charge on any atom is 0.318 e. The third-order valence-corrected chi connectivity index (χ3v) is 3.35. The maximum atomic E-state index is 12.2. The standard InChI is InChI=1S/C15H20F2N2O3/c1-11-9-22-13-5-3-2-4-12(13)8-19(11)15(20)18-6-7-21-10-14(16)17/h2-5,11,14H,6-10H2,1H3,(H,18,20)/t11-/m0/s1. The molecule has 1 aliphatic rings. The lowest BCUT2D eigenvalue weighted by Gasteiger charge is -2.26. The summed E-state index contributed by atoms with van der Waals surface area (Å²) in [7, 11) is 0. The van der Waals surface area contributed by atoms with E-state index >= 15 is 0 Å². The smallest absolute Gasteiger partial charge is 0.318 e. The highest BCUT2D eigenvalue weighted by molar-refractivity contribution is 5.74. The molecule has 122 valence electrons. The van der Waals surface area contributed by atoms with Crippen molar-refractivity contribution in [2.45, 2.75) is 25.9 Å². The molecule has 0 aromatic heterocycles. The molecule has 7 heteroatoms. The van der Waals surface area contributed by atoms with Crippen molar-refractivity contribution in [2.24, 2.45) is 0 Å². The Hall–Kier alpha value is -1.89. The van der Waals surface area contributed by atoms with E-state index in [9.17, 15) is 13.6 Å². The lowest BCUT2D eigenvalue weighted by molar-refractivity contribution is 0.0189. The Morgan fingerprint density at radius 2 is 2.27 bits per heavy atom. The molecule has 5 nitrogen and oxygen atoms in total. The summed E-state index contributed by atoms with van der Waals surface area (Å²) in [5.41, 5.74) is 0.941. The second-order valence-electron chi connectivity index (χ2n) is 5.09. The van der Waals surface area contributed by atoms with Gasteiger partial charge in [-0.1, -0.05) is 18.2 Å². The molecule has 0 spiro atoms. The van der Waals surface area contributed by atoms with Crippen molar-refractivity contribution in [3.8, 4) is 5.75 Å². The van der Waals surface area contributed by atoms with E-state index in [4.69, 9.17) is 9.47 Å². The summed E-state index contributed by atoms with van der Waals surface area (Å²) in [6.07, 6.45) is -2.49. The first-order valence-corrected chi connectivity index (χ1v) is 7.19. The Kier molecular flexibility index (Phi) is 5.94. The number of fused-ring (bicyclic) bond motifs is 1. The summed E-state index contributed by atoms with van der Waals surface area (Å²) in [6.45, 7) is 2.39. The van der Waals surface area contributed by atoms with Crippen LogP contribution in [-0.2, 0) is 11.3 Å². The van der Waals surface area contributed by atoms with Crippen molar-refractivity contribution in [3.05, 3.63) is 29.8 Å². The van der Waals surface area contributed by atoms with Crippen LogP contribution in [0, 0.1) is 0 Å². The van der Waals surface area contributed by atoms with Crippen LogP contribution in [0.25, 0.3) is 0 Å². The normalized spacial score (nSPS) is 17.6. The van der Waals surface area contributed by atoms with Gasteiger partial charge in [0.2, 0.25) is 0 Å². The number of carbonyl (C=O) groups is 1. The number of halogens is 2. The molecule has 1 aromatic rings. The number of alkyl halides is 2. The van der Waals surface area contributed by atoms with Crippen LogP contribution in [0.15, 0.2) is 24.3 Å². The van der Waals surface area contributed by atoms with Gasteiger partial charge < -0.3 is 19.7 Å². The molecular weight excluding hydrogens is 294 g/mol. The summed E-state index contributed by atoms with van der Waals surface area (Å²) in [5.74, 6) is 0.782. The molecule has 1 aliphatic heterocycles. The van der Waals surface area contributed by atoms with E-state index in [0.29, 0.717) is 13.2 Å². The number of para-hydroxylation sites is 1. The van der Waals surface area contributed by atoms with Gasteiger partial charge in [-0.15, -0.1) is 0 Å². The van der Waals surface area contributed by atoms with Crippen LogP contribution >= 0.6 is 0 Å². The molecule has 2 amide bonds. The van der Waals surface area contributed by atoms with E-state index in [1.54, 1.807) is 4.90 Å². The van der Waals surface area contributed by atoms with Gasteiger partial charge in [-0.3, -0.25) is 0 Å². The van der Waals surface area contributed by atoms with Crippen molar-refractivity contribution in [3.63, 3.8) is 0 Å². The van der Waals surface area contributed by atoms with Crippen LogP contribution < -0.4 is 10.1 Å². The van der Waals surface area contributed by atoms with Crippen molar-refractivity contribution in [1.29, 1.82) is 0 Å². The number of amides is 2. The first-order valence-electron chi connectivity index (χ1n) is 7.19. The molecular formula is C15H20F2N2O3. The van der Waals surface area contributed by atoms with Crippen molar-refractivity contribution in [2.75, 3.05) is 26.4 Å². The molecule has 0 radical (unpaired) electrons. The van der Waals surface area contributed by atoms with Crippen LogP contribution in [0.2, 0.25) is 0 Å². The fourth-order valence-corrected chi connectivity index (χ4v) is 2.19. The minimum Gasteiger partial charge on any atom is -0.491 e. The minimum atomic E-state index is -2.49. The first kappa shape index (κ1) is 16.5. The molecule has 0 saturated carbocycles. The number of ether oxygens (including phenoxy) is 2. The van der Waals surface area contributed by atoms with Gasteiger partial charge >= 0.3 is 6.03 Å². The van der Waals surface area contributed by atoms with E-state index < -0.39 is 13.0 Å². The van der Waals surface area contributed by atoms with Crippen LogP contribution in [0.4, 0.5) is 13.6 Å². The van der Waals surface area contributed by atoms with Gasteiger partial charge in [-0.05, 0) is 13.0 Å². The van der Waals surface area contributed by atoms with Gasteiger partial charge in [-0.25, -0.2) is 13.6 Å². The fourth-order valence-electron chi connectivity index (χ4n) is 2.19. The lowest BCUT2D eigenvalue weighted by atomic mass is 10.2. The van der Waals surface area contributed by atoms with Gasteiger partial charge in [-0.2, -0.15) is 0 Å². The average molecular weight is 314 g/mol. The first-order chi connectivity index (χ1) is 10.6. The largest absolute Gasteiger partial charge is 0.491 e. The van der Waals surface area contributed by atoms with Crippen molar-refractivity contribution < 1.29 is 23.0 Å². The monoisotopic (exact) mass is 314 g/mol. The van der Waals surface area contributed by atoms with E-state index in [2.05, 4.69) is 5.32 Å². The molecule has 0 unspecified atom stereocenters. The van der Waals surface area contributed by atoms with E-state index in [-0.39, 0.29) is 25.2 Å². The van der Waals surface area contributed by atoms with E-state index in [1.165, 1.54) is 0 Å². The highest BCUT2D eigenvalue weighted by Crippen LogP contribution is 2.24. The molecule has 1 N–H and O–H groups in total. The second-order valence-corrected chi connectivity index (χ2v) is 5.09. The van der Waals surface area contributed by atoms with E-state index in [0.717, 1.165) is 11.3 Å². The van der Waals surface area contributed by atoms with Crippen molar-refractivity contribution in [1.82, 2.24) is 10.2 Å². The van der Waals surface area contributed by atoms with Crippen LogP contribution in [-0.4, -0.2) is 49.8 Å². The molecule has 0 bridgehead atoms. The Morgan fingerprint density at radius 3 is 3.05 bits per heavy atom. The average Bonchev–Trinajstić information content (AvgIpc) is 2.66. The molecule has 0 saturated heterocycles. The predicted molar refractivity (Wildman–Crippen MR) is 77.2 cm³/mol. The fraction of sp³-hybridized carbons (Fsp3) is 0.533. The molecule has 0 fully saturated rings. The number of carbonyl (C=O) groups excluding carboxylic acids is 1. The van der Waals surface area contributed by atoms with Gasteiger partial charge in [0, 0.05) is 12.1 Å². The number of nitrogens with one attached hydrogen (secondary N) is 1. The summed E-state index contributed by atoms with van der Waals surface area (Å²) in [5, 5.41) is 2.68. The molecule has 1 heterocycles. The van der Waals surface area contributed by atoms with E-state index in [1.807, 2.05) is 31.2 Å². The Balaban J connectivity index is 1.86. The zero-order chi connectivity index (χ0) is 15.9. The van der Waals surface area contributed by atoms with Crippen LogP contribution in [0.5, 0.6) is 5.75 Å². The van der Waals surface area contributed by atoms with Gasteiger partial charge in [0.1, 0.15) is 19.0 Å². The molecule has 22 heavy (non-hydrogen) atoms. The highest BCUT2D eigenvalue weighted by Gasteiger charge is 2.25. The summed E-state index contributed by atoms with van der Waals surface area (Å²) < 4.78 is 34.2. The summed E-state index contributed by atoms with van der Waals surface area (Å²) >= 11 is 0. The van der Waals surface area contributed by atoms with Gasteiger partial charge in [0.25, 0.3) is 6.43 Å². The third kappa shape index (κ3) is 4.56. The SMILES string of the molecule is C[C@H]1COc2ccccc2CN1C(=O)NCCOCC(F)F. The summed E-state index contributed by atoms with van der Waals surface area (Å²) in [4.78, 5) is 13.9. The molecule has 1 aromatic carbocycles. The Morgan fingerprint density at radius 1 is 1.50 bits per heavy atom. The number of nitrogens with zero attached hydrogens (tertiary/aromatic N) is 1. The molecule has 0 aliphatic carbocycles. The number of hydrogen-bond acceptors (Lipinski definition) is 3. The Labute approximate surface area is 128 Å².